The van der Waals surface area contributed by atoms with E-state index in [4.69, 9.17) is 9.84 Å². The number of nitrogens with zero attached hydrogens (tertiary/aromatic N) is 3. The van der Waals surface area contributed by atoms with Crippen LogP contribution in [0.5, 0.6) is 5.75 Å². The Labute approximate surface area is 138 Å². The fraction of sp³-hybridized carbons (Fsp3) is 0.375. The predicted octanol–water partition coefficient (Wildman–Crippen LogP) is 2.17. The molecule has 6 nitrogen and oxygen atoms in total. The maximum absolute atomic E-state index is 10.9. The Morgan fingerprint density at radius 3 is 2.70 bits per heavy atom. The van der Waals surface area contributed by atoms with E-state index in [9.17, 15) is 4.79 Å². The topological polar surface area (TPSA) is 65.9 Å². The Hall–Kier alpha value is -2.12. The van der Waals surface area contributed by atoms with Crippen molar-refractivity contribution in [3.05, 3.63) is 40.3 Å². The normalized spacial score (nSPS) is 15.6. The minimum atomic E-state index is -0.964. The Kier molecular flexibility index (Phi) is 4.78. The van der Waals surface area contributed by atoms with E-state index in [2.05, 4.69) is 20.9 Å². The lowest BCUT2D eigenvalue weighted by Crippen LogP contribution is -2.46. The molecule has 1 aliphatic heterocycles. The Bertz CT molecular complexity index is 681. The first kappa shape index (κ1) is 15.8. The molecule has 0 amide bonds. The Morgan fingerprint density at radius 2 is 2.04 bits per heavy atom. The molecule has 1 aromatic carbocycles. The zero-order valence-electron chi connectivity index (χ0n) is 12.9. The number of hydrogen-bond donors (Lipinski definition) is 1. The summed E-state index contributed by atoms with van der Waals surface area (Å²) in [5.74, 6) is -0.0690. The monoisotopic (exact) mass is 333 g/mol. The summed E-state index contributed by atoms with van der Waals surface area (Å²) in [6.45, 7) is 4.37. The molecule has 2 heterocycles. The molecule has 23 heavy (non-hydrogen) atoms. The van der Waals surface area contributed by atoms with E-state index in [0.29, 0.717) is 6.54 Å². The Morgan fingerprint density at radius 1 is 1.30 bits per heavy atom. The minimum Gasteiger partial charge on any atom is -0.495 e. The van der Waals surface area contributed by atoms with Crippen LogP contribution in [0.4, 0.5) is 5.69 Å². The van der Waals surface area contributed by atoms with Gasteiger partial charge in [-0.05, 0) is 12.1 Å². The molecule has 1 saturated heterocycles. The van der Waals surface area contributed by atoms with Gasteiger partial charge in [0.05, 0.1) is 19.3 Å². The summed E-state index contributed by atoms with van der Waals surface area (Å²) in [5.41, 5.74) is 1.26. The van der Waals surface area contributed by atoms with E-state index >= 15 is 0 Å². The molecule has 0 spiro atoms. The second-order valence-corrected chi connectivity index (χ2v) is 6.31. The average Bonchev–Trinajstić information content (AvgIpc) is 3.04. The molecule has 0 aliphatic carbocycles. The second-order valence-electron chi connectivity index (χ2n) is 5.37. The number of rotatable bonds is 5. The molecule has 122 valence electrons. The smallest absolute Gasteiger partial charge is 0.355 e. The zero-order valence-corrected chi connectivity index (χ0v) is 13.8. The van der Waals surface area contributed by atoms with Crippen molar-refractivity contribution in [1.82, 2.24) is 9.88 Å². The first-order valence-corrected chi connectivity index (χ1v) is 8.33. The van der Waals surface area contributed by atoms with Crippen LogP contribution in [-0.4, -0.2) is 54.2 Å². The molecule has 1 fully saturated rings. The zero-order chi connectivity index (χ0) is 16.2. The Balaban J connectivity index is 1.58. The van der Waals surface area contributed by atoms with Gasteiger partial charge >= 0.3 is 5.97 Å². The molecule has 2 aromatic rings. The van der Waals surface area contributed by atoms with Crippen LogP contribution in [0.15, 0.2) is 29.6 Å². The first-order chi connectivity index (χ1) is 11.2. The molecule has 1 N–H and O–H groups in total. The van der Waals surface area contributed by atoms with Crippen molar-refractivity contribution in [2.45, 2.75) is 6.54 Å². The van der Waals surface area contributed by atoms with Crippen LogP contribution in [-0.2, 0) is 6.54 Å². The van der Waals surface area contributed by atoms with Crippen molar-refractivity contribution in [3.8, 4) is 5.75 Å². The summed E-state index contributed by atoms with van der Waals surface area (Å²) >= 11 is 1.41. The van der Waals surface area contributed by atoms with E-state index in [0.717, 1.165) is 42.6 Å². The van der Waals surface area contributed by atoms with Crippen LogP contribution in [0, 0.1) is 0 Å². The number of para-hydroxylation sites is 2. The summed E-state index contributed by atoms with van der Waals surface area (Å²) in [5, 5.41) is 11.4. The van der Waals surface area contributed by atoms with Crippen LogP contribution in [0.1, 0.15) is 15.5 Å². The summed E-state index contributed by atoms with van der Waals surface area (Å²) in [6, 6.07) is 8.05. The highest BCUT2D eigenvalue weighted by molar-refractivity contribution is 7.09. The van der Waals surface area contributed by atoms with Crippen LogP contribution in [0.25, 0.3) is 0 Å². The van der Waals surface area contributed by atoms with Crippen molar-refractivity contribution in [2.75, 3.05) is 38.2 Å². The van der Waals surface area contributed by atoms with Gasteiger partial charge in [-0.25, -0.2) is 9.78 Å². The number of anilines is 1. The summed E-state index contributed by atoms with van der Waals surface area (Å²) in [4.78, 5) is 19.7. The van der Waals surface area contributed by atoms with E-state index in [1.165, 1.54) is 11.3 Å². The number of carbonyl (C=O) groups is 1. The van der Waals surface area contributed by atoms with Gasteiger partial charge in [-0.2, -0.15) is 0 Å². The van der Waals surface area contributed by atoms with Crippen molar-refractivity contribution in [1.29, 1.82) is 0 Å². The van der Waals surface area contributed by atoms with Gasteiger partial charge in [0.15, 0.2) is 5.69 Å². The average molecular weight is 333 g/mol. The standard InChI is InChI=1S/C16H19N3O3S/c1-22-14-5-3-2-4-13(14)19-8-6-18(7-9-19)10-15-17-12(11-23-15)16(20)21/h2-5,11H,6-10H2,1H3,(H,20,21). The van der Waals surface area contributed by atoms with Gasteiger partial charge in [0.1, 0.15) is 10.8 Å². The van der Waals surface area contributed by atoms with Crippen LogP contribution >= 0.6 is 11.3 Å². The number of carboxylic acids is 1. The van der Waals surface area contributed by atoms with E-state index in [1.807, 2.05) is 18.2 Å². The molecule has 0 unspecified atom stereocenters. The highest BCUT2D eigenvalue weighted by atomic mass is 32.1. The highest BCUT2D eigenvalue weighted by Crippen LogP contribution is 2.28. The maximum Gasteiger partial charge on any atom is 0.355 e. The molecule has 1 aliphatic rings. The van der Waals surface area contributed by atoms with Crippen LogP contribution < -0.4 is 9.64 Å². The van der Waals surface area contributed by atoms with E-state index in [-0.39, 0.29) is 5.69 Å². The minimum absolute atomic E-state index is 0.137. The molecule has 7 heteroatoms. The largest absolute Gasteiger partial charge is 0.495 e. The summed E-state index contributed by atoms with van der Waals surface area (Å²) in [7, 11) is 1.69. The second kappa shape index (κ2) is 6.97. The molecule has 3 rings (SSSR count). The predicted molar refractivity (Wildman–Crippen MR) is 89.6 cm³/mol. The molecule has 0 saturated carbocycles. The third-order valence-electron chi connectivity index (χ3n) is 3.93. The van der Waals surface area contributed by atoms with Crippen LogP contribution in [0.2, 0.25) is 0 Å². The molecular weight excluding hydrogens is 314 g/mol. The van der Waals surface area contributed by atoms with Crippen molar-refractivity contribution < 1.29 is 14.6 Å². The molecule has 1 aromatic heterocycles. The number of carboxylic acid groups (broad SMARTS) is 1. The summed E-state index contributed by atoms with van der Waals surface area (Å²) in [6.07, 6.45) is 0. The third kappa shape index (κ3) is 3.62. The van der Waals surface area contributed by atoms with E-state index in [1.54, 1.807) is 12.5 Å². The number of thiazole rings is 1. The fourth-order valence-electron chi connectivity index (χ4n) is 2.71. The summed E-state index contributed by atoms with van der Waals surface area (Å²) < 4.78 is 5.43. The number of ether oxygens (including phenoxy) is 1. The highest BCUT2D eigenvalue weighted by Gasteiger charge is 2.20. The van der Waals surface area contributed by atoms with Gasteiger partial charge in [-0.15, -0.1) is 11.3 Å². The van der Waals surface area contributed by atoms with Gasteiger partial charge < -0.3 is 14.7 Å². The molecule has 0 radical (unpaired) electrons. The van der Waals surface area contributed by atoms with Crippen molar-refractivity contribution in [2.24, 2.45) is 0 Å². The number of methoxy groups -OCH3 is 1. The van der Waals surface area contributed by atoms with Crippen molar-refractivity contribution in [3.63, 3.8) is 0 Å². The number of hydrogen-bond acceptors (Lipinski definition) is 6. The lowest BCUT2D eigenvalue weighted by Gasteiger charge is -2.36. The van der Waals surface area contributed by atoms with E-state index < -0.39 is 5.97 Å². The fourth-order valence-corrected chi connectivity index (χ4v) is 3.52. The maximum atomic E-state index is 10.9. The van der Waals surface area contributed by atoms with Gasteiger partial charge in [-0.1, -0.05) is 12.1 Å². The molecule has 0 bridgehead atoms. The SMILES string of the molecule is COc1ccccc1N1CCN(Cc2nc(C(=O)O)cs2)CC1. The lowest BCUT2D eigenvalue weighted by atomic mass is 10.2. The molecular formula is C16H19N3O3S. The number of piperazine rings is 1. The quantitative estimate of drug-likeness (QED) is 0.905. The van der Waals surface area contributed by atoms with Gasteiger partial charge in [0, 0.05) is 31.6 Å². The molecule has 0 atom stereocenters. The first-order valence-electron chi connectivity index (χ1n) is 7.45. The van der Waals surface area contributed by atoms with Crippen molar-refractivity contribution >= 4 is 23.0 Å². The number of aromatic nitrogens is 1. The third-order valence-corrected chi connectivity index (χ3v) is 4.76. The van der Waals surface area contributed by atoms with Gasteiger partial charge in [-0.3, -0.25) is 4.90 Å². The van der Waals surface area contributed by atoms with Gasteiger partial charge in [0.2, 0.25) is 0 Å². The lowest BCUT2D eigenvalue weighted by molar-refractivity contribution is 0.0691. The van der Waals surface area contributed by atoms with Gasteiger partial charge in [0.25, 0.3) is 0 Å². The van der Waals surface area contributed by atoms with Crippen LogP contribution in [0.3, 0.4) is 0 Å². The number of aromatic carboxylic acids is 1. The number of benzene rings is 1.